The molecule has 0 aromatic rings. The summed E-state index contributed by atoms with van der Waals surface area (Å²) in [4.78, 5) is 149. The van der Waals surface area contributed by atoms with E-state index < -0.39 is 126 Å². The van der Waals surface area contributed by atoms with Crippen molar-refractivity contribution < 1.29 is 63.0 Å². The molecule has 0 saturated carbocycles. The smallest absolute Gasteiger partial charge is 0.300 e. The lowest BCUT2D eigenvalue weighted by Gasteiger charge is -2.32. The molecule has 10 amide bonds. The summed E-state index contributed by atoms with van der Waals surface area (Å²) in [5, 5.41) is 39.3. The van der Waals surface area contributed by atoms with Crippen molar-refractivity contribution in [1.82, 2.24) is 52.3 Å². The molecule has 14 N–H and O–H groups in total. The zero-order valence-corrected chi connectivity index (χ0v) is 45.4. The summed E-state index contributed by atoms with van der Waals surface area (Å²) in [5.41, 5.74) is 11.0. The molecule has 0 aliphatic carbocycles. The van der Waals surface area contributed by atoms with E-state index in [1.165, 1.54) is 25.8 Å². The second-order valence-electron chi connectivity index (χ2n) is 18.9. The number of aliphatic hydroxyl groups is 1. The number of guanidine groups is 1. The average molecular weight is 1050 g/mol. The minimum atomic E-state index is -1.62. The van der Waals surface area contributed by atoms with Crippen LogP contribution in [0.4, 0.5) is 0 Å². The zero-order valence-electron chi connectivity index (χ0n) is 45.4. The van der Waals surface area contributed by atoms with Crippen LogP contribution >= 0.6 is 0 Å². The molecule has 10 atom stereocenters. The van der Waals surface area contributed by atoms with E-state index in [0.717, 1.165) is 11.8 Å². The molecule has 1 aliphatic rings. The second-order valence-corrected chi connectivity index (χ2v) is 18.9. The third kappa shape index (κ3) is 24.4. The van der Waals surface area contributed by atoms with Crippen LogP contribution in [0.1, 0.15) is 128 Å². The largest absolute Gasteiger partial charge is 0.481 e. The summed E-state index contributed by atoms with van der Waals surface area (Å²) in [7, 11) is 1.42. The van der Waals surface area contributed by atoms with E-state index in [1.54, 1.807) is 48.5 Å². The van der Waals surface area contributed by atoms with Gasteiger partial charge in [-0.15, -0.1) is 0 Å². The number of aliphatic carboxylic acids is 1. The fourth-order valence-corrected chi connectivity index (χ4v) is 7.51. The lowest BCUT2D eigenvalue weighted by atomic mass is 9.95. The Morgan fingerprint density at radius 1 is 0.676 bits per heavy atom. The highest BCUT2D eigenvalue weighted by molar-refractivity contribution is 5.98. The zero-order chi connectivity index (χ0) is 57.0. The molecular weight excluding hydrogens is 967 g/mol. The van der Waals surface area contributed by atoms with Gasteiger partial charge in [-0.05, 0) is 63.7 Å². The maximum Gasteiger partial charge on any atom is 0.300 e. The van der Waals surface area contributed by atoms with E-state index >= 15 is 0 Å². The van der Waals surface area contributed by atoms with Gasteiger partial charge in [-0.2, -0.15) is 0 Å². The van der Waals surface area contributed by atoms with Gasteiger partial charge in [0.25, 0.3) is 5.97 Å². The number of nitrogens with zero attached hydrogens (tertiary/aromatic N) is 3. The Morgan fingerprint density at radius 3 is 1.66 bits per heavy atom. The highest BCUT2D eigenvalue weighted by Crippen LogP contribution is 2.21. The van der Waals surface area contributed by atoms with Gasteiger partial charge in [-0.25, -0.2) is 0 Å². The molecule has 74 heavy (non-hydrogen) atoms. The first-order chi connectivity index (χ1) is 34.6. The van der Waals surface area contributed by atoms with Gasteiger partial charge < -0.3 is 74.0 Å². The fourth-order valence-electron chi connectivity index (χ4n) is 7.51. The number of rotatable bonds is 30. The summed E-state index contributed by atoms with van der Waals surface area (Å²) in [6, 6.07) is -8.31. The standard InChI is InChI=1S/C46H83N13O11.C2H4O2/c1-12-18-30(39(64)55-36(26(7)13-2)42(67)53-31(19-16-21-50-46(47)48)45(70)59-22-17-20-32(59)40(65)49-15-4)52-44(69)38(28(9)60)57-43(68)37(27(8)14-3)56-41(66)35(25(5)6)54-33(62)23-51-34(63)24-58(11)29(10)61;1-2(3)4/h25-28,30-32,35-38,60H,12-24H2,1-11H3,(H,49,65)(H,51,63)(H,52,69)(H,53,67)(H,54,62)(H,55,64)(H,56,66)(H,57,68)(H4,47,48,50);1H3,(H,3,4). The highest BCUT2D eigenvalue weighted by atomic mass is 16.4. The SMILES string of the molecule is CC(=O)O.CCCC(NC(=O)C(NC(=O)C(NC(=O)C(NC(=O)CNC(=O)CN(C)C(C)=O)C(C)C)C(C)CC)C(C)O)C(=O)NC(C(=O)NC(CCCN=C(N)N)C(=O)N1CCCC1C(=O)NCC)C(C)CC. The highest BCUT2D eigenvalue weighted by Gasteiger charge is 2.40. The van der Waals surface area contributed by atoms with Crippen LogP contribution in [0.3, 0.4) is 0 Å². The van der Waals surface area contributed by atoms with E-state index in [9.17, 15) is 53.1 Å². The number of amides is 10. The summed E-state index contributed by atoms with van der Waals surface area (Å²) in [6.45, 7) is 17.6. The Hall–Kier alpha value is -6.60. The number of carbonyl (C=O) groups excluding carboxylic acids is 10. The molecule has 0 radical (unpaired) electrons. The maximum atomic E-state index is 14.2. The Kier molecular flexibility index (Phi) is 31.7. The molecule has 0 bridgehead atoms. The first-order valence-electron chi connectivity index (χ1n) is 25.4. The quantitative estimate of drug-likeness (QED) is 0.0204. The molecule has 1 fully saturated rings. The number of carboxylic acid groups (broad SMARTS) is 1. The van der Waals surface area contributed by atoms with Crippen LogP contribution in [-0.4, -0.2) is 179 Å². The fraction of sp³-hybridized carbons (Fsp3) is 0.750. The van der Waals surface area contributed by atoms with Gasteiger partial charge in [0.1, 0.15) is 42.3 Å². The van der Waals surface area contributed by atoms with Crippen molar-refractivity contribution in [3.05, 3.63) is 0 Å². The Labute approximate surface area is 435 Å². The number of nitrogens with two attached hydrogens (primary N) is 2. The number of carboxylic acids is 1. The van der Waals surface area contributed by atoms with Crippen molar-refractivity contribution in [3.8, 4) is 0 Å². The lowest BCUT2D eigenvalue weighted by Crippen LogP contribution is -2.63. The van der Waals surface area contributed by atoms with E-state index in [-0.39, 0.29) is 43.7 Å². The van der Waals surface area contributed by atoms with Gasteiger partial charge in [-0.1, -0.05) is 67.7 Å². The molecule has 1 rings (SSSR count). The van der Waals surface area contributed by atoms with Crippen LogP contribution < -0.4 is 54.0 Å². The topological polar surface area (TPSA) is 395 Å². The van der Waals surface area contributed by atoms with Crippen LogP contribution in [0.2, 0.25) is 0 Å². The minimum Gasteiger partial charge on any atom is -0.481 e. The maximum absolute atomic E-state index is 14.2. The number of carbonyl (C=O) groups is 11. The Bertz CT molecular complexity index is 1930. The Morgan fingerprint density at radius 2 is 1.18 bits per heavy atom. The number of hydrogen-bond donors (Lipinski definition) is 12. The second kappa shape index (κ2) is 34.8. The molecule has 0 aromatic heterocycles. The predicted molar refractivity (Wildman–Crippen MR) is 275 cm³/mol. The normalized spacial score (nSPS) is 16.5. The molecule has 10 unspecified atom stereocenters. The van der Waals surface area contributed by atoms with Crippen LogP contribution in [0.5, 0.6) is 0 Å². The van der Waals surface area contributed by atoms with Gasteiger partial charge in [0, 0.05) is 40.5 Å². The van der Waals surface area contributed by atoms with Crippen LogP contribution in [-0.2, 0) is 52.7 Å². The van der Waals surface area contributed by atoms with Crippen molar-refractivity contribution in [2.24, 2.45) is 34.2 Å². The molecule has 0 aromatic carbocycles. The first kappa shape index (κ1) is 67.4. The van der Waals surface area contributed by atoms with Crippen molar-refractivity contribution >= 4 is 71.0 Å². The molecule has 1 aliphatic heterocycles. The molecule has 26 nitrogen and oxygen atoms in total. The molecular formula is C48H87N13O13. The van der Waals surface area contributed by atoms with Gasteiger partial charge in [0.05, 0.1) is 19.2 Å². The van der Waals surface area contributed by atoms with Gasteiger partial charge in [-0.3, -0.25) is 57.7 Å². The Balaban J connectivity index is 0.0000128. The summed E-state index contributed by atoms with van der Waals surface area (Å²) in [6.07, 6.45) is 1.22. The number of likely N-dealkylation sites (tertiary alicyclic amines) is 1. The van der Waals surface area contributed by atoms with Crippen LogP contribution in [0.15, 0.2) is 4.99 Å². The number of hydrogen-bond acceptors (Lipinski definition) is 13. The number of nitrogens with one attached hydrogen (secondary N) is 8. The predicted octanol–water partition coefficient (Wildman–Crippen LogP) is -2.31. The van der Waals surface area contributed by atoms with Crippen molar-refractivity contribution in [1.29, 1.82) is 0 Å². The third-order valence-corrected chi connectivity index (χ3v) is 12.2. The van der Waals surface area contributed by atoms with E-state index in [4.69, 9.17) is 21.4 Å². The monoisotopic (exact) mass is 1050 g/mol. The third-order valence-electron chi connectivity index (χ3n) is 12.2. The molecule has 1 heterocycles. The number of likely N-dealkylation sites (N-methyl/N-ethyl adjacent to an activating group) is 2. The molecule has 26 heteroatoms. The van der Waals surface area contributed by atoms with Gasteiger partial charge in [0.2, 0.25) is 59.1 Å². The van der Waals surface area contributed by atoms with Crippen LogP contribution in [0, 0.1) is 17.8 Å². The van der Waals surface area contributed by atoms with E-state index in [0.29, 0.717) is 51.6 Å². The number of aliphatic hydroxyl groups excluding tert-OH is 1. The average Bonchev–Trinajstić information content (AvgIpc) is 3.82. The van der Waals surface area contributed by atoms with Crippen LogP contribution in [0.25, 0.3) is 0 Å². The first-order valence-corrected chi connectivity index (χ1v) is 25.4. The number of aliphatic imine (C=N–C) groups is 1. The summed E-state index contributed by atoms with van der Waals surface area (Å²) in [5.74, 6) is -8.79. The lowest BCUT2D eigenvalue weighted by molar-refractivity contribution is -0.142. The molecule has 422 valence electrons. The summed E-state index contributed by atoms with van der Waals surface area (Å²) < 4.78 is 0. The minimum absolute atomic E-state index is 0.0853. The summed E-state index contributed by atoms with van der Waals surface area (Å²) >= 11 is 0. The van der Waals surface area contributed by atoms with Crippen molar-refractivity contribution in [3.63, 3.8) is 0 Å². The van der Waals surface area contributed by atoms with Gasteiger partial charge in [0.15, 0.2) is 5.96 Å². The molecule has 1 saturated heterocycles. The van der Waals surface area contributed by atoms with Crippen molar-refractivity contribution in [2.45, 2.75) is 176 Å². The van der Waals surface area contributed by atoms with E-state index in [1.807, 2.05) is 6.92 Å². The van der Waals surface area contributed by atoms with Crippen molar-refractivity contribution in [2.75, 3.05) is 39.8 Å². The van der Waals surface area contributed by atoms with Gasteiger partial charge >= 0.3 is 0 Å². The van der Waals surface area contributed by atoms with E-state index in [2.05, 4.69) is 47.5 Å². The molecule has 0 spiro atoms.